The Hall–Kier alpha value is -1.43. The number of hydrogen-bond acceptors (Lipinski definition) is 8. The molecule has 42 heavy (non-hydrogen) atoms. The van der Waals surface area contributed by atoms with Crippen LogP contribution in [-0.2, 0) is 81.8 Å². The maximum atomic E-state index is 13.1. The van der Waals surface area contributed by atoms with Gasteiger partial charge in [-0.2, -0.15) is 0 Å². The Balaban J connectivity index is 0.00000269. The Labute approximate surface area is 299 Å². The molecule has 0 aliphatic rings. The zero-order valence-corrected chi connectivity index (χ0v) is 31.1. The Bertz CT molecular complexity index is 1440. The molecule has 2 heterocycles. The molecule has 4 aromatic rings. The van der Waals surface area contributed by atoms with Crippen molar-refractivity contribution in [3.8, 4) is 34.0 Å². The molecule has 222 valence electrons. The maximum Gasteiger partial charge on any atom is 0.189 e. The molecule has 10 nitrogen and oxygen atoms in total. The number of anilines is 1. The summed E-state index contributed by atoms with van der Waals surface area (Å²) in [5.74, 6) is 0.565. The summed E-state index contributed by atoms with van der Waals surface area (Å²) >= 11 is 0. The van der Waals surface area contributed by atoms with Crippen molar-refractivity contribution in [1.82, 2.24) is 20.4 Å². The van der Waals surface area contributed by atoms with Crippen molar-refractivity contribution in [2.75, 3.05) is 19.3 Å². The van der Waals surface area contributed by atoms with Crippen molar-refractivity contribution < 1.29 is 83.8 Å². The number of rotatable bonds is 10. The number of aromatic nitrogens is 3. The maximum absolute atomic E-state index is 13.1. The van der Waals surface area contributed by atoms with Crippen molar-refractivity contribution in [2.24, 2.45) is 0 Å². The molecule has 2 aromatic carbocycles. The van der Waals surface area contributed by atoms with Crippen LogP contribution in [-0.4, -0.2) is 47.9 Å². The molecule has 0 saturated heterocycles. The summed E-state index contributed by atoms with van der Waals surface area (Å²) in [4.78, 5) is 9.17. The van der Waals surface area contributed by atoms with Crippen LogP contribution in [0.1, 0.15) is 45.6 Å². The van der Waals surface area contributed by atoms with E-state index in [0.717, 1.165) is 17.5 Å². The van der Waals surface area contributed by atoms with Gasteiger partial charge in [-0.05, 0) is 25.6 Å². The van der Waals surface area contributed by atoms with Gasteiger partial charge in [0.05, 0.1) is 22.0 Å². The number of nitrogens with zero attached hydrogens (tertiary/aromatic N) is 3. The van der Waals surface area contributed by atoms with Gasteiger partial charge in [0, 0.05) is 89.2 Å². The third-order valence-corrected chi connectivity index (χ3v) is 8.17. The van der Waals surface area contributed by atoms with Crippen molar-refractivity contribution >= 4 is 15.7 Å². The number of benzene rings is 2. The molecule has 0 spiro atoms. The zero-order chi connectivity index (χ0) is 28.4. The zero-order valence-electron chi connectivity index (χ0n) is 24.6. The smallest absolute Gasteiger partial charge is 0.189 e. The number of nitrogens with one attached hydrogen (secondary N) is 2. The molecular weight excluding hydrogens is 706 g/mol. The Kier molecular flexibility index (Phi) is 19.1. The molecule has 0 saturated carbocycles. The second kappa shape index (κ2) is 19.8. The molecule has 1 unspecified atom stereocenters. The second-order valence-corrected chi connectivity index (χ2v) is 11.4. The molecule has 1 atom stereocenters. The monoisotopic (exact) mass is 745 g/mol. The van der Waals surface area contributed by atoms with E-state index in [0.29, 0.717) is 41.4 Å². The fourth-order valence-electron chi connectivity index (χ4n) is 3.96. The largest absolute Gasteiger partial charge is 0.674 e. The van der Waals surface area contributed by atoms with Crippen LogP contribution in [0.25, 0.3) is 39.7 Å². The van der Waals surface area contributed by atoms with E-state index in [2.05, 4.69) is 34.3 Å². The predicted molar refractivity (Wildman–Crippen MR) is 160 cm³/mol. The summed E-state index contributed by atoms with van der Waals surface area (Å²) in [7, 11) is -1.71. The molecule has 2 radical (unpaired) electrons. The normalized spacial score (nSPS) is 11.2. The van der Waals surface area contributed by atoms with E-state index in [9.17, 15) is 8.42 Å². The number of hydrogen-bond donors (Lipinski definition) is 2. The van der Waals surface area contributed by atoms with Crippen LogP contribution in [0.15, 0.2) is 70.2 Å². The first kappa shape index (κ1) is 40.6. The van der Waals surface area contributed by atoms with E-state index in [-0.39, 0.29) is 88.2 Å². The van der Waals surface area contributed by atoms with E-state index < -0.39 is 15.1 Å². The molecule has 2 aromatic heterocycles. The van der Waals surface area contributed by atoms with Crippen molar-refractivity contribution in [3.05, 3.63) is 72.1 Å². The molecule has 0 bridgehead atoms. The van der Waals surface area contributed by atoms with Crippen LogP contribution in [0.3, 0.4) is 0 Å². The molecule has 6 N–H and O–H groups in total. The third-order valence-electron chi connectivity index (χ3n) is 5.96. The average Bonchev–Trinajstić information content (AvgIpc) is 3.44. The first-order valence-electron chi connectivity index (χ1n) is 13.1. The fraction of sp³-hybridized carbons (Fsp3) is 0.345. The van der Waals surface area contributed by atoms with Gasteiger partial charge in [-0.3, -0.25) is 0 Å². The van der Waals surface area contributed by atoms with Crippen molar-refractivity contribution in [1.29, 1.82) is 0 Å². The third kappa shape index (κ3) is 10.3. The summed E-state index contributed by atoms with van der Waals surface area (Å²) in [5, 5.41) is 6.63. The summed E-state index contributed by atoms with van der Waals surface area (Å²) in [5.41, 5.74) is 17.5. The molecule has 0 fully saturated rings. The first-order chi connectivity index (χ1) is 18.8. The van der Waals surface area contributed by atoms with Gasteiger partial charge >= 0.3 is 0 Å². The molecule has 4 rings (SSSR count). The first-order valence-corrected chi connectivity index (χ1v) is 14.7. The number of nitrogen functional groups attached to an aromatic ring is 1. The van der Waals surface area contributed by atoms with Crippen molar-refractivity contribution in [3.63, 3.8) is 0 Å². The van der Waals surface area contributed by atoms with E-state index in [4.69, 9.17) is 16.0 Å². The second-order valence-electron chi connectivity index (χ2n) is 9.18. The van der Waals surface area contributed by atoms with Gasteiger partial charge in [-0.1, -0.05) is 80.7 Å². The van der Waals surface area contributed by atoms with E-state index in [1.165, 1.54) is 6.42 Å². The van der Waals surface area contributed by atoms with E-state index in [1.54, 1.807) is 43.6 Å². The van der Waals surface area contributed by atoms with E-state index in [1.807, 2.05) is 31.2 Å². The van der Waals surface area contributed by atoms with Crippen LogP contribution in [0.5, 0.6) is 0 Å². The standard InChI is InChI=1S/C26H29N6O3S.C3H8.H2O.2Y/c1-3-4-21(15-29-2)36(33,34)20-11-9-19(10-12-20)23-16-30-26(28)25(31-23)24-13-22(32-35-24)18-7-5-17(14-27)6-8-18;1-3-2;;;/h5-13,16,21,27,29H,3-4,14-15H2,1-2H3,(H2,28,30);3H2,1-2H3;1H2;;/q-1;;;;. The van der Waals surface area contributed by atoms with Gasteiger partial charge in [0.15, 0.2) is 27.1 Å². The van der Waals surface area contributed by atoms with Gasteiger partial charge in [0.1, 0.15) is 5.69 Å². The van der Waals surface area contributed by atoms with Crippen LogP contribution in [0.2, 0.25) is 0 Å². The Morgan fingerprint density at radius 3 is 2.10 bits per heavy atom. The van der Waals surface area contributed by atoms with Gasteiger partial charge in [0.2, 0.25) is 0 Å². The van der Waals surface area contributed by atoms with Gasteiger partial charge in [-0.25, -0.2) is 18.4 Å². The summed E-state index contributed by atoms with van der Waals surface area (Å²) in [6, 6.07) is 15.9. The predicted octanol–water partition coefficient (Wildman–Crippen LogP) is 5.35. The molecule has 13 heteroatoms. The molecule has 0 aliphatic heterocycles. The fourth-order valence-corrected chi connectivity index (χ4v) is 5.79. The Morgan fingerprint density at radius 1 is 0.976 bits per heavy atom. The van der Waals surface area contributed by atoms with E-state index >= 15 is 0 Å². The van der Waals surface area contributed by atoms with Crippen LogP contribution < -0.4 is 11.1 Å². The van der Waals surface area contributed by atoms with Gasteiger partial charge < -0.3 is 26.8 Å². The van der Waals surface area contributed by atoms with Gasteiger partial charge in [0.25, 0.3) is 0 Å². The minimum atomic E-state index is -3.46. The number of nitrogens with two attached hydrogens (primary N) is 1. The molecule has 0 aliphatic carbocycles. The summed E-state index contributed by atoms with van der Waals surface area (Å²) < 4.78 is 31.7. The quantitative estimate of drug-likeness (QED) is 0.218. The molecular formula is C29H39N6O4SY2-. The topological polar surface area (TPSA) is 179 Å². The van der Waals surface area contributed by atoms with Crippen LogP contribution >= 0.6 is 0 Å². The minimum absolute atomic E-state index is 0. The molecule has 0 amide bonds. The van der Waals surface area contributed by atoms with Crippen LogP contribution in [0, 0.1) is 0 Å². The number of sulfone groups is 1. The summed E-state index contributed by atoms with van der Waals surface area (Å²) in [6.07, 6.45) is 4.17. The van der Waals surface area contributed by atoms with Crippen LogP contribution in [0.4, 0.5) is 5.82 Å². The summed E-state index contributed by atoms with van der Waals surface area (Å²) in [6.45, 7) is 6.84. The van der Waals surface area contributed by atoms with Gasteiger partial charge in [-0.15, -0.1) is 6.54 Å². The SMILES string of the molecule is CCC.CCCC(CNC)S(=O)(=O)c1ccc(-c2cnc(N)c(-c3cc(-c4ccc(C[NH-])cc4)no3)n2)cc1.O.[Y].[Y]. The minimum Gasteiger partial charge on any atom is -0.674 e. The Morgan fingerprint density at radius 2 is 1.55 bits per heavy atom. The van der Waals surface area contributed by atoms with Crippen molar-refractivity contribution in [2.45, 2.75) is 56.7 Å². The average molecular weight is 746 g/mol.